The van der Waals surface area contributed by atoms with Crippen molar-refractivity contribution in [2.45, 2.75) is 75.5 Å². The zero-order valence-corrected chi connectivity index (χ0v) is 14.2. The third-order valence-corrected chi connectivity index (χ3v) is 9.29. The Labute approximate surface area is 131 Å². The molecule has 2 heterocycles. The average molecular weight is 307 g/mol. The standard InChI is InChI=1S/C17H30N3P/c1-2-8-15(7-1)21(16-9-3-4-10-16)20-14-6-13-19-12-5-11-18-17(19)20/h15-16H,1-14H2. The molecular weight excluding hydrogens is 277 g/mol. The van der Waals surface area contributed by atoms with E-state index < -0.39 is 0 Å². The molecule has 4 heteroatoms. The van der Waals surface area contributed by atoms with Gasteiger partial charge in [-0.15, -0.1) is 0 Å². The fraction of sp³-hybridized carbons (Fsp3) is 0.941. The van der Waals surface area contributed by atoms with Gasteiger partial charge in [0.2, 0.25) is 0 Å². The highest BCUT2D eigenvalue weighted by Gasteiger charge is 2.40. The monoisotopic (exact) mass is 307 g/mol. The van der Waals surface area contributed by atoms with Crippen LogP contribution in [-0.4, -0.2) is 53.0 Å². The molecule has 0 aromatic heterocycles. The van der Waals surface area contributed by atoms with E-state index >= 15 is 0 Å². The molecule has 0 N–H and O–H groups in total. The molecule has 0 spiro atoms. The van der Waals surface area contributed by atoms with E-state index in [1.165, 1.54) is 89.8 Å². The van der Waals surface area contributed by atoms with E-state index in [1.54, 1.807) is 0 Å². The topological polar surface area (TPSA) is 18.8 Å². The fourth-order valence-electron chi connectivity index (χ4n) is 4.86. The summed E-state index contributed by atoms with van der Waals surface area (Å²) in [5.74, 6) is 1.41. The molecule has 2 aliphatic carbocycles. The molecule has 118 valence electrons. The Hall–Kier alpha value is -0.300. The van der Waals surface area contributed by atoms with Crippen molar-refractivity contribution in [2.75, 3.05) is 26.2 Å². The minimum Gasteiger partial charge on any atom is -0.342 e. The second kappa shape index (κ2) is 6.44. The molecule has 0 unspecified atom stereocenters. The molecule has 21 heavy (non-hydrogen) atoms. The first kappa shape index (κ1) is 14.3. The molecule has 4 aliphatic rings. The van der Waals surface area contributed by atoms with Crippen molar-refractivity contribution in [1.29, 1.82) is 0 Å². The maximum absolute atomic E-state index is 4.98. The Morgan fingerprint density at radius 1 is 0.762 bits per heavy atom. The maximum atomic E-state index is 4.98. The Morgan fingerprint density at radius 2 is 1.38 bits per heavy atom. The molecule has 0 bridgehead atoms. The minimum absolute atomic E-state index is 0.0362. The molecule has 0 aromatic rings. The summed E-state index contributed by atoms with van der Waals surface area (Å²) in [5, 5.41) is 0. The number of hydrogen-bond acceptors (Lipinski definition) is 3. The van der Waals surface area contributed by atoms with Gasteiger partial charge in [0.1, 0.15) is 0 Å². The zero-order chi connectivity index (χ0) is 14.1. The predicted octanol–water partition coefficient (Wildman–Crippen LogP) is 4.04. The van der Waals surface area contributed by atoms with Crippen molar-refractivity contribution >= 4 is 14.0 Å². The van der Waals surface area contributed by atoms with Crippen LogP contribution in [0.1, 0.15) is 64.2 Å². The van der Waals surface area contributed by atoms with Crippen LogP contribution in [0.4, 0.5) is 0 Å². The van der Waals surface area contributed by atoms with Crippen LogP contribution in [0.3, 0.4) is 0 Å². The lowest BCUT2D eigenvalue weighted by atomic mass is 10.2. The highest BCUT2D eigenvalue weighted by molar-refractivity contribution is 7.57. The Balaban J connectivity index is 1.59. The van der Waals surface area contributed by atoms with Crippen molar-refractivity contribution in [3.63, 3.8) is 0 Å². The summed E-state index contributed by atoms with van der Waals surface area (Å²) < 4.78 is 2.85. The number of fused-ring (bicyclic) bond motifs is 1. The number of hydrogen-bond donors (Lipinski definition) is 0. The largest absolute Gasteiger partial charge is 0.342 e. The van der Waals surface area contributed by atoms with Crippen LogP contribution in [0.5, 0.6) is 0 Å². The second-order valence-corrected chi connectivity index (χ2v) is 9.96. The molecule has 2 saturated carbocycles. The number of rotatable bonds is 3. The van der Waals surface area contributed by atoms with Gasteiger partial charge in [-0.2, -0.15) is 0 Å². The third kappa shape index (κ3) is 2.83. The molecule has 2 aliphatic heterocycles. The minimum atomic E-state index is 0.0362. The Morgan fingerprint density at radius 3 is 2.05 bits per heavy atom. The van der Waals surface area contributed by atoms with Gasteiger partial charge in [0.25, 0.3) is 0 Å². The van der Waals surface area contributed by atoms with Crippen LogP contribution in [0.2, 0.25) is 0 Å². The van der Waals surface area contributed by atoms with Crippen molar-refractivity contribution in [3.05, 3.63) is 0 Å². The summed E-state index contributed by atoms with van der Waals surface area (Å²) in [6.07, 6.45) is 14.6. The molecule has 3 fully saturated rings. The smallest absolute Gasteiger partial charge is 0.199 e. The highest BCUT2D eigenvalue weighted by atomic mass is 31.1. The van der Waals surface area contributed by atoms with E-state index in [1.807, 2.05) is 0 Å². The van der Waals surface area contributed by atoms with Gasteiger partial charge in [-0.1, -0.05) is 25.7 Å². The van der Waals surface area contributed by atoms with Crippen LogP contribution in [0.15, 0.2) is 4.99 Å². The zero-order valence-electron chi connectivity index (χ0n) is 13.3. The molecule has 0 aromatic carbocycles. The average Bonchev–Trinajstić information content (AvgIpc) is 3.22. The molecular formula is C17H30N3P. The summed E-state index contributed by atoms with van der Waals surface area (Å²) in [7, 11) is 0.0362. The van der Waals surface area contributed by atoms with Crippen molar-refractivity contribution < 1.29 is 0 Å². The van der Waals surface area contributed by atoms with E-state index in [9.17, 15) is 0 Å². The lowest BCUT2D eigenvalue weighted by Gasteiger charge is -2.48. The summed E-state index contributed by atoms with van der Waals surface area (Å²) >= 11 is 0. The lowest BCUT2D eigenvalue weighted by molar-refractivity contribution is 0.303. The quantitative estimate of drug-likeness (QED) is 0.733. The number of nitrogens with zero attached hydrogens (tertiary/aromatic N) is 3. The van der Waals surface area contributed by atoms with Gasteiger partial charge in [0.15, 0.2) is 5.96 Å². The van der Waals surface area contributed by atoms with Crippen LogP contribution in [-0.2, 0) is 0 Å². The summed E-state index contributed by atoms with van der Waals surface area (Å²) in [6, 6.07) is 0. The van der Waals surface area contributed by atoms with E-state index in [0.29, 0.717) is 0 Å². The van der Waals surface area contributed by atoms with Gasteiger partial charge in [0.05, 0.1) is 0 Å². The van der Waals surface area contributed by atoms with Crippen LogP contribution < -0.4 is 0 Å². The Kier molecular flexibility index (Phi) is 4.39. The maximum Gasteiger partial charge on any atom is 0.199 e. The third-order valence-electron chi connectivity index (χ3n) is 5.83. The second-order valence-electron chi connectivity index (χ2n) is 7.26. The number of guanidine groups is 1. The van der Waals surface area contributed by atoms with Gasteiger partial charge in [-0.3, -0.25) is 4.99 Å². The summed E-state index contributed by atoms with van der Waals surface area (Å²) in [6.45, 7) is 4.89. The molecule has 0 amide bonds. The van der Waals surface area contributed by atoms with Crippen molar-refractivity contribution in [2.24, 2.45) is 4.99 Å². The number of aliphatic imine (C=N–C) groups is 1. The van der Waals surface area contributed by atoms with Gasteiger partial charge in [0, 0.05) is 34.3 Å². The SMILES string of the molecule is C1CCC(P(C2CCCC2)N2CCCN3CCCN=C32)C1. The predicted molar refractivity (Wildman–Crippen MR) is 91.2 cm³/mol. The van der Waals surface area contributed by atoms with Gasteiger partial charge < -0.3 is 9.57 Å². The van der Waals surface area contributed by atoms with E-state index in [2.05, 4.69) is 9.57 Å². The van der Waals surface area contributed by atoms with Gasteiger partial charge in [-0.25, -0.2) is 0 Å². The lowest BCUT2D eigenvalue weighted by Crippen LogP contribution is -2.51. The molecule has 3 nitrogen and oxygen atoms in total. The van der Waals surface area contributed by atoms with E-state index in [-0.39, 0.29) is 8.07 Å². The van der Waals surface area contributed by atoms with Gasteiger partial charge >= 0.3 is 0 Å². The first-order chi connectivity index (χ1) is 10.4. The van der Waals surface area contributed by atoms with Gasteiger partial charge in [-0.05, 0) is 49.8 Å². The highest BCUT2D eigenvalue weighted by Crippen LogP contribution is 2.60. The molecule has 1 saturated heterocycles. The fourth-order valence-corrected chi connectivity index (χ4v) is 8.80. The van der Waals surface area contributed by atoms with E-state index in [4.69, 9.17) is 4.99 Å². The van der Waals surface area contributed by atoms with Crippen molar-refractivity contribution in [3.8, 4) is 0 Å². The molecule has 4 rings (SSSR count). The van der Waals surface area contributed by atoms with Crippen LogP contribution in [0.25, 0.3) is 0 Å². The molecule has 0 atom stereocenters. The first-order valence-electron chi connectivity index (χ1n) is 9.29. The summed E-state index contributed by atoms with van der Waals surface area (Å²) in [4.78, 5) is 7.58. The van der Waals surface area contributed by atoms with E-state index in [0.717, 1.165) is 17.9 Å². The Bertz CT molecular complexity index is 369. The van der Waals surface area contributed by atoms with Crippen LogP contribution in [0, 0.1) is 0 Å². The molecule has 0 radical (unpaired) electrons. The van der Waals surface area contributed by atoms with Crippen molar-refractivity contribution in [1.82, 2.24) is 9.57 Å². The first-order valence-corrected chi connectivity index (χ1v) is 10.7. The normalized spacial score (nSPS) is 28.3. The van der Waals surface area contributed by atoms with Crippen LogP contribution >= 0.6 is 8.07 Å². The summed E-state index contributed by atoms with van der Waals surface area (Å²) in [5.41, 5.74) is 2.04.